The summed E-state index contributed by atoms with van der Waals surface area (Å²) in [7, 11) is 1.63. The molecule has 2 heterocycles. The van der Waals surface area contributed by atoms with Crippen LogP contribution >= 0.6 is 0 Å². The number of nitrogens with zero attached hydrogens (tertiary/aromatic N) is 4. The number of nitrogens with one attached hydrogen (secondary N) is 3. The van der Waals surface area contributed by atoms with Gasteiger partial charge in [-0.15, -0.1) is 0 Å². The van der Waals surface area contributed by atoms with E-state index >= 15 is 0 Å². The highest BCUT2D eigenvalue weighted by molar-refractivity contribution is 5.91. The highest BCUT2D eigenvalue weighted by atomic mass is 16.2. The van der Waals surface area contributed by atoms with E-state index in [0.29, 0.717) is 24.5 Å². The number of aryl methyl sites for hydroxylation is 2. The lowest BCUT2D eigenvalue weighted by Crippen LogP contribution is -2.31. The van der Waals surface area contributed by atoms with Gasteiger partial charge in [0.2, 0.25) is 0 Å². The summed E-state index contributed by atoms with van der Waals surface area (Å²) < 4.78 is 1.41. The van der Waals surface area contributed by atoms with Crippen LogP contribution in [-0.2, 0) is 13.5 Å². The molecule has 0 aliphatic rings. The number of carbonyl (C=O) groups excluding carboxylic acids is 1. The molecule has 0 aliphatic heterocycles. The number of aromatic nitrogens is 5. The Hall–Kier alpha value is -3.23. The van der Waals surface area contributed by atoms with Crippen molar-refractivity contribution in [3.63, 3.8) is 0 Å². The van der Waals surface area contributed by atoms with Crippen LogP contribution in [0.3, 0.4) is 0 Å². The Morgan fingerprint density at radius 2 is 1.92 bits per heavy atom. The summed E-state index contributed by atoms with van der Waals surface area (Å²) in [6.45, 7) is 4.17. The predicted octanol–water partition coefficient (Wildman–Crippen LogP) is 1.03. The molecule has 0 atom stereocenters. The maximum Gasteiger partial charge on any atom is 0.343 e. The van der Waals surface area contributed by atoms with E-state index in [2.05, 4.69) is 30.8 Å². The summed E-state index contributed by atoms with van der Waals surface area (Å²) in [4.78, 5) is 32.2. The summed E-state index contributed by atoms with van der Waals surface area (Å²) in [5.74, 6) is 0.581. The summed E-state index contributed by atoms with van der Waals surface area (Å²) in [6.07, 6.45) is 0.449. The van der Waals surface area contributed by atoms with E-state index in [1.807, 2.05) is 19.9 Å². The Kier molecular flexibility index (Phi) is 4.46. The number of rotatable bonds is 4. The standard InChI is InChI=1S/C16H19N7O2/c1-9-10(2)19-13-8-11(4-5-12(13)18-9)20-15(24)17-7-6-14-21-22-16(25)23(14)3/h4-5,8H,6-7H2,1-3H3,(H,22,25)(H2,17,20,24). The van der Waals surface area contributed by atoms with Gasteiger partial charge in [0.05, 0.1) is 22.4 Å². The molecule has 3 rings (SSSR count). The van der Waals surface area contributed by atoms with Gasteiger partial charge < -0.3 is 10.6 Å². The Labute approximate surface area is 143 Å². The van der Waals surface area contributed by atoms with Crippen LogP contribution in [0.25, 0.3) is 11.0 Å². The van der Waals surface area contributed by atoms with E-state index in [4.69, 9.17) is 0 Å². The third-order valence-corrected chi connectivity index (χ3v) is 3.94. The molecule has 0 saturated heterocycles. The third kappa shape index (κ3) is 3.65. The molecule has 0 radical (unpaired) electrons. The first-order valence-corrected chi connectivity index (χ1v) is 7.84. The molecule has 2 amide bonds. The van der Waals surface area contributed by atoms with Gasteiger partial charge in [0, 0.05) is 25.7 Å². The van der Waals surface area contributed by atoms with Gasteiger partial charge in [-0.25, -0.2) is 24.7 Å². The van der Waals surface area contributed by atoms with Gasteiger partial charge in [0.25, 0.3) is 0 Å². The number of H-pyrrole nitrogens is 1. The molecule has 0 bridgehead atoms. The zero-order valence-electron chi connectivity index (χ0n) is 14.3. The maximum atomic E-state index is 12.0. The zero-order chi connectivity index (χ0) is 18.0. The average Bonchev–Trinajstić information content (AvgIpc) is 2.88. The molecule has 9 heteroatoms. The van der Waals surface area contributed by atoms with Crippen molar-refractivity contribution in [3.05, 3.63) is 45.9 Å². The Morgan fingerprint density at radius 1 is 1.20 bits per heavy atom. The van der Waals surface area contributed by atoms with Crippen LogP contribution < -0.4 is 16.3 Å². The van der Waals surface area contributed by atoms with Crippen molar-refractivity contribution in [2.75, 3.05) is 11.9 Å². The molecule has 130 valence electrons. The molecule has 0 spiro atoms. The quantitative estimate of drug-likeness (QED) is 0.655. The fraction of sp³-hybridized carbons (Fsp3) is 0.312. The zero-order valence-corrected chi connectivity index (χ0v) is 14.3. The highest BCUT2D eigenvalue weighted by Crippen LogP contribution is 2.17. The van der Waals surface area contributed by atoms with Gasteiger partial charge in [0.15, 0.2) is 0 Å². The van der Waals surface area contributed by atoms with E-state index in [1.165, 1.54) is 4.57 Å². The fourth-order valence-electron chi connectivity index (χ4n) is 2.37. The van der Waals surface area contributed by atoms with Crippen molar-refractivity contribution in [1.29, 1.82) is 0 Å². The highest BCUT2D eigenvalue weighted by Gasteiger charge is 2.07. The van der Waals surface area contributed by atoms with Crippen LogP contribution in [0, 0.1) is 13.8 Å². The van der Waals surface area contributed by atoms with Crippen LogP contribution in [0.2, 0.25) is 0 Å². The lowest BCUT2D eigenvalue weighted by atomic mass is 10.2. The van der Waals surface area contributed by atoms with E-state index < -0.39 is 0 Å². The second-order valence-corrected chi connectivity index (χ2v) is 5.73. The van der Waals surface area contributed by atoms with Crippen LogP contribution in [0.4, 0.5) is 10.5 Å². The molecule has 3 aromatic rings. The molecule has 25 heavy (non-hydrogen) atoms. The van der Waals surface area contributed by atoms with E-state index in [0.717, 1.165) is 22.4 Å². The minimum absolute atomic E-state index is 0.276. The average molecular weight is 341 g/mol. The van der Waals surface area contributed by atoms with Gasteiger partial charge in [0.1, 0.15) is 5.82 Å². The number of hydrogen-bond acceptors (Lipinski definition) is 5. The Bertz CT molecular complexity index is 990. The number of amides is 2. The molecular weight excluding hydrogens is 322 g/mol. The van der Waals surface area contributed by atoms with Gasteiger partial charge >= 0.3 is 11.7 Å². The number of anilines is 1. The molecule has 1 aromatic carbocycles. The minimum atomic E-state index is -0.336. The number of aromatic amines is 1. The normalized spacial score (nSPS) is 10.8. The van der Waals surface area contributed by atoms with Gasteiger partial charge in [-0.05, 0) is 32.0 Å². The van der Waals surface area contributed by atoms with Gasteiger partial charge in [-0.2, -0.15) is 5.10 Å². The lowest BCUT2D eigenvalue weighted by Gasteiger charge is -2.09. The minimum Gasteiger partial charge on any atom is -0.337 e. The van der Waals surface area contributed by atoms with Crippen LogP contribution in [0.15, 0.2) is 23.0 Å². The SMILES string of the molecule is Cc1nc2ccc(NC(=O)NCCc3n[nH]c(=O)n3C)cc2nc1C. The first-order chi connectivity index (χ1) is 11.9. The number of benzene rings is 1. The Morgan fingerprint density at radius 3 is 2.60 bits per heavy atom. The van der Waals surface area contributed by atoms with Crippen LogP contribution in [0.1, 0.15) is 17.2 Å². The van der Waals surface area contributed by atoms with Crippen molar-refractivity contribution in [1.82, 2.24) is 30.0 Å². The molecular formula is C16H19N7O2. The Balaban J connectivity index is 1.60. The summed E-state index contributed by atoms with van der Waals surface area (Å²) in [6, 6.07) is 5.05. The summed E-state index contributed by atoms with van der Waals surface area (Å²) in [5.41, 5.74) is 3.62. The smallest absolute Gasteiger partial charge is 0.337 e. The summed E-state index contributed by atoms with van der Waals surface area (Å²) >= 11 is 0. The topological polar surface area (TPSA) is 118 Å². The maximum absolute atomic E-state index is 12.0. The van der Waals surface area contributed by atoms with Crippen molar-refractivity contribution in [2.45, 2.75) is 20.3 Å². The summed E-state index contributed by atoms with van der Waals surface area (Å²) in [5, 5.41) is 11.7. The molecule has 0 saturated carbocycles. The monoisotopic (exact) mass is 341 g/mol. The predicted molar refractivity (Wildman–Crippen MR) is 93.6 cm³/mol. The van der Waals surface area contributed by atoms with E-state index in [9.17, 15) is 9.59 Å². The van der Waals surface area contributed by atoms with Crippen molar-refractivity contribution < 1.29 is 4.79 Å². The van der Waals surface area contributed by atoms with Crippen molar-refractivity contribution >= 4 is 22.8 Å². The van der Waals surface area contributed by atoms with E-state index in [1.54, 1.807) is 19.2 Å². The molecule has 9 nitrogen and oxygen atoms in total. The number of hydrogen-bond donors (Lipinski definition) is 3. The third-order valence-electron chi connectivity index (χ3n) is 3.94. The molecule has 0 unspecified atom stereocenters. The van der Waals surface area contributed by atoms with Gasteiger partial charge in [-0.3, -0.25) is 4.57 Å². The molecule has 0 fully saturated rings. The lowest BCUT2D eigenvalue weighted by molar-refractivity contribution is 0.252. The van der Waals surface area contributed by atoms with E-state index in [-0.39, 0.29) is 11.7 Å². The molecule has 0 aliphatic carbocycles. The van der Waals surface area contributed by atoms with Gasteiger partial charge in [-0.1, -0.05) is 0 Å². The van der Waals surface area contributed by atoms with Crippen molar-refractivity contribution in [2.24, 2.45) is 7.05 Å². The number of carbonyl (C=O) groups is 1. The molecule has 3 N–H and O–H groups in total. The number of urea groups is 1. The largest absolute Gasteiger partial charge is 0.343 e. The fourth-order valence-corrected chi connectivity index (χ4v) is 2.37. The van der Waals surface area contributed by atoms with Crippen LogP contribution in [0.5, 0.6) is 0 Å². The first kappa shape index (κ1) is 16.6. The first-order valence-electron chi connectivity index (χ1n) is 7.84. The second kappa shape index (κ2) is 6.71. The number of fused-ring (bicyclic) bond motifs is 1. The van der Waals surface area contributed by atoms with Crippen molar-refractivity contribution in [3.8, 4) is 0 Å². The molecule has 2 aromatic heterocycles. The van der Waals surface area contributed by atoms with Crippen LogP contribution in [-0.4, -0.2) is 37.3 Å². The second-order valence-electron chi connectivity index (χ2n) is 5.73.